The van der Waals surface area contributed by atoms with Gasteiger partial charge in [-0.05, 0) is 25.7 Å². The summed E-state index contributed by atoms with van der Waals surface area (Å²) in [6.07, 6.45) is 9.05. The number of allylic oxidation sites excluding steroid dienone is 1. The fraction of sp³-hybridized carbons (Fsp3) is 0.833. The fourth-order valence-corrected chi connectivity index (χ4v) is 2.03. The van der Waals surface area contributed by atoms with E-state index in [2.05, 4.69) is 12.2 Å². The summed E-state index contributed by atoms with van der Waals surface area (Å²) in [6.45, 7) is 3.06. The van der Waals surface area contributed by atoms with Gasteiger partial charge < -0.3 is 14.2 Å². The van der Waals surface area contributed by atoms with E-state index in [-0.39, 0.29) is 12.2 Å². The van der Waals surface area contributed by atoms with E-state index in [9.17, 15) is 0 Å². The maximum Gasteiger partial charge on any atom is 0.107 e. The fourth-order valence-electron chi connectivity index (χ4n) is 2.03. The minimum Gasteiger partial charge on any atom is -0.375 e. The second-order valence-corrected chi connectivity index (χ2v) is 4.11. The van der Waals surface area contributed by atoms with Crippen LogP contribution in [0, 0.1) is 0 Å². The Kier molecular flexibility index (Phi) is 4.64. The van der Waals surface area contributed by atoms with E-state index in [0.29, 0.717) is 13.2 Å². The average molecular weight is 212 g/mol. The molecule has 0 aromatic carbocycles. The molecule has 0 bridgehead atoms. The minimum atomic E-state index is 0.144. The molecule has 0 spiro atoms. The van der Waals surface area contributed by atoms with Crippen LogP contribution in [0.1, 0.15) is 25.7 Å². The number of hydrogen-bond acceptors (Lipinski definition) is 3. The van der Waals surface area contributed by atoms with Crippen LogP contribution in [0.15, 0.2) is 12.2 Å². The zero-order chi connectivity index (χ0) is 10.3. The Bertz CT molecular complexity index is 203. The van der Waals surface area contributed by atoms with Crippen LogP contribution >= 0.6 is 0 Å². The summed E-state index contributed by atoms with van der Waals surface area (Å²) in [5, 5.41) is 0. The molecule has 0 radical (unpaired) electrons. The van der Waals surface area contributed by atoms with Crippen LogP contribution < -0.4 is 0 Å². The highest BCUT2D eigenvalue weighted by Crippen LogP contribution is 2.18. The van der Waals surface area contributed by atoms with Crippen LogP contribution in [0.25, 0.3) is 0 Å². The largest absolute Gasteiger partial charge is 0.375 e. The third-order valence-electron chi connectivity index (χ3n) is 2.89. The molecule has 0 aliphatic carbocycles. The molecule has 2 rings (SSSR count). The van der Waals surface area contributed by atoms with Gasteiger partial charge in [0.1, 0.15) is 6.10 Å². The lowest BCUT2D eigenvalue weighted by atomic mass is 10.1. The molecule has 0 N–H and O–H groups in total. The van der Waals surface area contributed by atoms with Crippen molar-refractivity contribution in [2.75, 3.05) is 26.4 Å². The maximum absolute atomic E-state index is 5.84. The van der Waals surface area contributed by atoms with Gasteiger partial charge in [-0.1, -0.05) is 12.2 Å². The first-order valence-electron chi connectivity index (χ1n) is 5.93. The quantitative estimate of drug-likeness (QED) is 0.574. The third kappa shape index (κ3) is 3.59. The van der Waals surface area contributed by atoms with Crippen LogP contribution in [0.5, 0.6) is 0 Å². The first kappa shape index (κ1) is 11.1. The Hall–Kier alpha value is -0.380. The Labute approximate surface area is 91.4 Å². The molecule has 2 heterocycles. The lowest BCUT2D eigenvalue weighted by Crippen LogP contribution is -2.39. The smallest absolute Gasteiger partial charge is 0.107 e. The van der Waals surface area contributed by atoms with Crippen molar-refractivity contribution in [1.82, 2.24) is 0 Å². The van der Waals surface area contributed by atoms with E-state index in [1.807, 2.05) is 0 Å². The van der Waals surface area contributed by atoms with Gasteiger partial charge in [0.15, 0.2) is 0 Å². The van der Waals surface area contributed by atoms with Gasteiger partial charge in [0.25, 0.3) is 0 Å². The molecule has 0 saturated carbocycles. The highest BCUT2D eigenvalue weighted by Gasteiger charge is 2.26. The standard InChI is InChI=1S/C12H20O3/c1-2-4-8-14-11-6-5-9-15-12(11)10-13-7-3-1/h1,3,11-12H,2,4-10H2/b3-1+/t11-,12+/m0/s1. The number of hydrogen-bond donors (Lipinski definition) is 0. The lowest BCUT2D eigenvalue weighted by molar-refractivity contribution is -0.128. The van der Waals surface area contributed by atoms with Gasteiger partial charge in [-0.25, -0.2) is 0 Å². The molecule has 2 aliphatic heterocycles. The van der Waals surface area contributed by atoms with E-state index in [0.717, 1.165) is 38.9 Å². The normalized spacial score (nSPS) is 36.3. The Morgan fingerprint density at radius 3 is 2.80 bits per heavy atom. The summed E-state index contributed by atoms with van der Waals surface area (Å²) in [4.78, 5) is 0. The van der Waals surface area contributed by atoms with Crippen molar-refractivity contribution in [3.05, 3.63) is 12.2 Å². The molecule has 0 aromatic heterocycles. The molecule has 3 nitrogen and oxygen atoms in total. The summed E-state index contributed by atoms with van der Waals surface area (Å²) >= 11 is 0. The molecule has 2 atom stereocenters. The highest BCUT2D eigenvalue weighted by atomic mass is 16.6. The Morgan fingerprint density at radius 2 is 1.80 bits per heavy atom. The van der Waals surface area contributed by atoms with E-state index < -0.39 is 0 Å². The third-order valence-corrected chi connectivity index (χ3v) is 2.89. The van der Waals surface area contributed by atoms with Crippen LogP contribution in [0.2, 0.25) is 0 Å². The second-order valence-electron chi connectivity index (χ2n) is 4.11. The van der Waals surface area contributed by atoms with Gasteiger partial charge in [0.05, 0.1) is 19.3 Å². The van der Waals surface area contributed by atoms with Gasteiger partial charge in [-0.3, -0.25) is 0 Å². The molecule has 15 heavy (non-hydrogen) atoms. The minimum absolute atomic E-state index is 0.144. The monoisotopic (exact) mass is 212 g/mol. The van der Waals surface area contributed by atoms with Gasteiger partial charge in [-0.15, -0.1) is 0 Å². The predicted molar refractivity (Wildman–Crippen MR) is 57.9 cm³/mol. The van der Waals surface area contributed by atoms with Crippen molar-refractivity contribution in [2.24, 2.45) is 0 Å². The zero-order valence-corrected chi connectivity index (χ0v) is 9.19. The van der Waals surface area contributed by atoms with Crippen molar-refractivity contribution < 1.29 is 14.2 Å². The number of fused-ring (bicyclic) bond motifs is 1. The first-order valence-corrected chi connectivity index (χ1v) is 5.93. The van der Waals surface area contributed by atoms with Crippen molar-refractivity contribution in [3.63, 3.8) is 0 Å². The van der Waals surface area contributed by atoms with E-state index in [1.165, 1.54) is 0 Å². The molecule has 0 aromatic rings. The summed E-state index contributed by atoms with van der Waals surface area (Å²) < 4.78 is 17.1. The molecule has 0 unspecified atom stereocenters. The summed E-state index contributed by atoms with van der Waals surface area (Å²) in [7, 11) is 0. The molecular formula is C12H20O3. The predicted octanol–water partition coefficient (Wildman–Crippen LogP) is 1.92. The van der Waals surface area contributed by atoms with Crippen molar-refractivity contribution in [1.29, 1.82) is 0 Å². The maximum atomic E-state index is 5.84. The van der Waals surface area contributed by atoms with Gasteiger partial charge >= 0.3 is 0 Å². The summed E-state index contributed by atoms with van der Waals surface area (Å²) in [6, 6.07) is 0. The van der Waals surface area contributed by atoms with Gasteiger partial charge in [0.2, 0.25) is 0 Å². The zero-order valence-electron chi connectivity index (χ0n) is 9.19. The van der Waals surface area contributed by atoms with Crippen LogP contribution in [0.3, 0.4) is 0 Å². The first-order chi connectivity index (χ1) is 7.47. The summed E-state index contributed by atoms with van der Waals surface area (Å²) in [5.74, 6) is 0. The molecule has 1 saturated heterocycles. The molecule has 3 heteroatoms. The number of ether oxygens (including phenoxy) is 3. The molecule has 2 aliphatic rings. The van der Waals surface area contributed by atoms with Crippen LogP contribution in [-0.4, -0.2) is 38.6 Å². The second kappa shape index (κ2) is 6.26. The van der Waals surface area contributed by atoms with E-state index in [4.69, 9.17) is 14.2 Å². The molecule has 86 valence electrons. The Balaban J connectivity index is 1.87. The highest BCUT2D eigenvalue weighted by molar-refractivity contribution is 4.83. The average Bonchev–Trinajstić information content (AvgIpc) is 2.32. The lowest BCUT2D eigenvalue weighted by Gasteiger charge is -2.31. The van der Waals surface area contributed by atoms with Crippen molar-refractivity contribution >= 4 is 0 Å². The van der Waals surface area contributed by atoms with Crippen LogP contribution in [-0.2, 0) is 14.2 Å². The van der Waals surface area contributed by atoms with Crippen molar-refractivity contribution in [3.8, 4) is 0 Å². The molecular weight excluding hydrogens is 192 g/mol. The van der Waals surface area contributed by atoms with Crippen LogP contribution in [0.4, 0.5) is 0 Å². The SMILES string of the molecule is C1=C/COC[C@H]2OCCC[C@@H]2OCCC/1. The molecule has 1 fully saturated rings. The van der Waals surface area contributed by atoms with Gasteiger partial charge in [0, 0.05) is 13.2 Å². The van der Waals surface area contributed by atoms with Crippen molar-refractivity contribution in [2.45, 2.75) is 37.9 Å². The number of rotatable bonds is 0. The van der Waals surface area contributed by atoms with E-state index >= 15 is 0 Å². The topological polar surface area (TPSA) is 27.7 Å². The molecule has 0 amide bonds. The van der Waals surface area contributed by atoms with E-state index in [1.54, 1.807) is 0 Å². The summed E-state index contributed by atoms with van der Waals surface area (Å²) in [5.41, 5.74) is 0. The van der Waals surface area contributed by atoms with Gasteiger partial charge in [-0.2, -0.15) is 0 Å². The Morgan fingerprint density at radius 1 is 0.933 bits per heavy atom.